The normalized spacial score (nSPS) is 15.3. The maximum absolute atomic E-state index is 9.16. The zero-order valence-electron chi connectivity index (χ0n) is 16.5. The smallest absolute Gasteiger partial charge is 0.212 e. The van der Waals surface area contributed by atoms with Crippen LogP contribution in [0.4, 0.5) is 11.5 Å². The van der Waals surface area contributed by atoms with Gasteiger partial charge in [-0.15, -0.1) is 0 Å². The second kappa shape index (κ2) is 8.49. The van der Waals surface area contributed by atoms with Gasteiger partial charge in [-0.2, -0.15) is 5.26 Å². The summed E-state index contributed by atoms with van der Waals surface area (Å²) in [5.74, 6) is 1.37. The summed E-state index contributed by atoms with van der Waals surface area (Å²) >= 11 is 6.26. The van der Waals surface area contributed by atoms with Crippen LogP contribution in [0.2, 0.25) is 5.02 Å². The number of benzene rings is 1. The van der Waals surface area contributed by atoms with Crippen LogP contribution in [-0.2, 0) is 5.41 Å². The predicted molar refractivity (Wildman–Crippen MR) is 114 cm³/mol. The summed E-state index contributed by atoms with van der Waals surface area (Å²) in [5.41, 5.74) is 2.17. The van der Waals surface area contributed by atoms with Crippen LogP contribution in [0.1, 0.15) is 26.3 Å². The van der Waals surface area contributed by atoms with Crippen LogP contribution < -0.4 is 10.2 Å². The van der Waals surface area contributed by atoms with Gasteiger partial charge in [0.25, 0.3) is 0 Å². The molecule has 146 valence electrons. The lowest BCUT2D eigenvalue weighted by Crippen LogP contribution is -2.52. The predicted octanol–water partition coefficient (Wildman–Crippen LogP) is 3.91. The van der Waals surface area contributed by atoms with Crippen LogP contribution in [0.3, 0.4) is 0 Å². The van der Waals surface area contributed by atoms with Crippen molar-refractivity contribution in [2.45, 2.75) is 26.2 Å². The number of halogens is 1. The van der Waals surface area contributed by atoms with Gasteiger partial charge < -0.3 is 9.80 Å². The molecule has 0 bridgehead atoms. The fourth-order valence-electron chi connectivity index (χ4n) is 3.13. The molecule has 0 unspecified atom stereocenters. The third-order valence-corrected chi connectivity index (χ3v) is 5.05. The van der Waals surface area contributed by atoms with Crippen molar-refractivity contribution in [1.29, 1.82) is 5.26 Å². The van der Waals surface area contributed by atoms with Gasteiger partial charge in [-0.05, 0) is 35.2 Å². The minimum Gasteiger partial charge on any atom is -0.352 e. The highest BCUT2D eigenvalue weighted by molar-refractivity contribution is 6.32. The first-order valence-corrected chi connectivity index (χ1v) is 9.71. The van der Waals surface area contributed by atoms with Gasteiger partial charge in [0, 0.05) is 32.4 Å². The second-order valence-electron chi connectivity index (χ2n) is 7.75. The molecule has 1 N–H and O–H groups in total. The average Bonchev–Trinajstić information content (AvgIpc) is 2.68. The SMILES string of the molecule is CC(C)(C)c1ccc(N=C(NC#N)N2CCN(c3ncccc3Cl)CC2)cc1. The molecule has 1 saturated heterocycles. The molecule has 1 aromatic heterocycles. The summed E-state index contributed by atoms with van der Waals surface area (Å²) in [7, 11) is 0. The molecule has 0 aliphatic carbocycles. The average molecular weight is 397 g/mol. The third kappa shape index (κ3) is 4.73. The Morgan fingerprint density at radius 1 is 1.14 bits per heavy atom. The van der Waals surface area contributed by atoms with E-state index in [-0.39, 0.29) is 5.41 Å². The van der Waals surface area contributed by atoms with Gasteiger partial charge in [0.2, 0.25) is 5.96 Å². The van der Waals surface area contributed by atoms with Crippen molar-refractivity contribution in [3.05, 3.63) is 53.2 Å². The Labute approximate surface area is 171 Å². The number of guanidine groups is 1. The zero-order valence-corrected chi connectivity index (χ0v) is 17.2. The molecule has 7 heteroatoms. The molecule has 1 fully saturated rings. The monoisotopic (exact) mass is 396 g/mol. The van der Waals surface area contributed by atoms with Gasteiger partial charge >= 0.3 is 0 Å². The Morgan fingerprint density at radius 2 is 1.82 bits per heavy atom. The van der Waals surface area contributed by atoms with Crippen molar-refractivity contribution in [2.75, 3.05) is 31.1 Å². The van der Waals surface area contributed by atoms with Gasteiger partial charge in [-0.25, -0.2) is 9.98 Å². The van der Waals surface area contributed by atoms with E-state index in [0.29, 0.717) is 11.0 Å². The molecule has 1 aliphatic heterocycles. The van der Waals surface area contributed by atoms with E-state index in [1.165, 1.54) is 5.56 Å². The number of rotatable bonds is 2. The van der Waals surface area contributed by atoms with Gasteiger partial charge in [-0.1, -0.05) is 44.5 Å². The molecule has 3 rings (SSSR count). The molecule has 0 spiro atoms. The fourth-order valence-corrected chi connectivity index (χ4v) is 3.37. The molecular weight excluding hydrogens is 372 g/mol. The summed E-state index contributed by atoms with van der Waals surface area (Å²) < 4.78 is 0. The number of nitriles is 1. The number of pyridine rings is 1. The van der Waals surface area contributed by atoms with Gasteiger partial charge in [0.1, 0.15) is 5.82 Å². The first-order valence-electron chi connectivity index (χ1n) is 9.33. The number of anilines is 1. The Hall–Kier alpha value is -2.78. The van der Waals surface area contributed by atoms with Crippen molar-refractivity contribution < 1.29 is 0 Å². The van der Waals surface area contributed by atoms with E-state index in [0.717, 1.165) is 37.7 Å². The number of aromatic nitrogens is 1. The first kappa shape index (κ1) is 20.0. The van der Waals surface area contributed by atoms with Gasteiger partial charge in [0.15, 0.2) is 6.19 Å². The van der Waals surface area contributed by atoms with Crippen molar-refractivity contribution in [3.63, 3.8) is 0 Å². The lowest BCUT2D eigenvalue weighted by atomic mass is 9.87. The third-order valence-electron chi connectivity index (χ3n) is 4.75. The molecule has 0 atom stereocenters. The number of hydrogen-bond acceptors (Lipinski definition) is 4. The molecule has 0 amide bonds. The highest BCUT2D eigenvalue weighted by atomic mass is 35.5. The lowest BCUT2D eigenvalue weighted by Gasteiger charge is -2.36. The summed E-state index contributed by atoms with van der Waals surface area (Å²) in [5, 5.41) is 12.5. The molecular formula is C21H25ClN6. The molecule has 1 aliphatic rings. The van der Waals surface area contributed by atoms with Crippen molar-refractivity contribution in [2.24, 2.45) is 4.99 Å². The Bertz CT molecular complexity index is 871. The highest BCUT2D eigenvalue weighted by Crippen LogP contribution is 2.25. The molecule has 2 heterocycles. The van der Waals surface area contributed by atoms with Crippen LogP contribution in [0.15, 0.2) is 47.6 Å². The second-order valence-corrected chi connectivity index (χ2v) is 8.16. The van der Waals surface area contributed by atoms with E-state index in [4.69, 9.17) is 16.9 Å². The number of aliphatic imine (C=N–C) groups is 1. The van der Waals surface area contributed by atoms with Crippen LogP contribution in [0, 0.1) is 11.5 Å². The number of piperazine rings is 1. The van der Waals surface area contributed by atoms with Crippen LogP contribution in [0.5, 0.6) is 0 Å². The number of hydrogen-bond donors (Lipinski definition) is 1. The summed E-state index contributed by atoms with van der Waals surface area (Å²) in [6.07, 6.45) is 3.75. The molecule has 6 nitrogen and oxygen atoms in total. The van der Waals surface area contributed by atoms with Crippen molar-refractivity contribution in [1.82, 2.24) is 15.2 Å². The van der Waals surface area contributed by atoms with Crippen LogP contribution >= 0.6 is 11.6 Å². The van der Waals surface area contributed by atoms with Gasteiger partial charge in [0.05, 0.1) is 10.7 Å². The van der Waals surface area contributed by atoms with E-state index in [9.17, 15) is 0 Å². The van der Waals surface area contributed by atoms with Crippen molar-refractivity contribution >= 4 is 29.1 Å². The summed E-state index contributed by atoms with van der Waals surface area (Å²) in [6, 6.07) is 11.8. The molecule has 0 saturated carbocycles. The number of nitrogens with one attached hydrogen (secondary N) is 1. The lowest BCUT2D eigenvalue weighted by molar-refractivity contribution is 0.377. The van der Waals surface area contributed by atoms with Crippen LogP contribution in [-0.4, -0.2) is 42.0 Å². The number of nitrogens with zero attached hydrogens (tertiary/aromatic N) is 5. The standard InChI is InChI=1S/C21H25ClN6/c1-21(2,3)16-6-8-17(9-7-16)26-20(25-15-23)28-13-11-27(12-14-28)19-18(22)5-4-10-24-19/h4-10H,11-14H2,1-3H3,(H,25,26). The minimum absolute atomic E-state index is 0.0963. The summed E-state index contributed by atoms with van der Waals surface area (Å²) in [6.45, 7) is 9.50. The quantitative estimate of drug-likeness (QED) is 0.360. The highest BCUT2D eigenvalue weighted by Gasteiger charge is 2.22. The maximum Gasteiger partial charge on any atom is 0.212 e. The topological polar surface area (TPSA) is 67.6 Å². The van der Waals surface area contributed by atoms with E-state index in [1.807, 2.05) is 30.5 Å². The minimum atomic E-state index is 0.0963. The molecule has 0 radical (unpaired) electrons. The summed E-state index contributed by atoms with van der Waals surface area (Å²) in [4.78, 5) is 13.3. The van der Waals surface area contributed by atoms with E-state index < -0.39 is 0 Å². The Kier molecular flexibility index (Phi) is 6.05. The van der Waals surface area contributed by atoms with Gasteiger partial charge in [-0.3, -0.25) is 5.32 Å². The van der Waals surface area contributed by atoms with E-state index in [1.54, 1.807) is 6.20 Å². The maximum atomic E-state index is 9.16. The van der Waals surface area contributed by atoms with E-state index in [2.05, 4.69) is 58.0 Å². The van der Waals surface area contributed by atoms with E-state index >= 15 is 0 Å². The molecule has 2 aromatic rings. The molecule has 28 heavy (non-hydrogen) atoms. The largest absolute Gasteiger partial charge is 0.352 e. The van der Waals surface area contributed by atoms with Crippen LogP contribution in [0.25, 0.3) is 0 Å². The Balaban J connectivity index is 1.72. The van der Waals surface area contributed by atoms with Crippen molar-refractivity contribution in [3.8, 4) is 6.19 Å². The first-order chi connectivity index (χ1) is 13.4. The zero-order chi connectivity index (χ0) is 20.1. The fraction of sp³-hybridized carbons (Fsp3) is 0.381. The molecule has 1 aromatic carbocycles. The Morgan fingerprint density at radius 3 is 2.39 bits per heavy atom.